The van der Waals surface area contributed by atoms with E-state index in [0.29, 0.717) is 13.0 Å². The van der Waals surface area contributed by atoms with Crippen LogP contribution >= 0.6 is 11.3 Å². The van der Waals surface area contributed by atoms with Crippen LogP contribution in [0.1, 0.15) is 49.1 Å². The zero-order valence-electron chi connectivity index (χ0n) is 11.9. The van der Waals surface area contributed by atoms with Crippen molar-refractivity contribution in [1.29, 1.82) is 0 Å². The van der Waals surface area contributed by atoms with E-state index in [0.717, 1.165) is 13.1 Å². The highest BCUT2D eigenvalue weighted by Gasteiger charge is 2.27. The van der Waals surface area contributed by atoms with Crippen LogP contribution in [0.4, 0.5) is 0 Å². The summed E-state index contributed by atoms with van der Waals surface area (Å²) in [6.07, 6.45) is 4.27. The van der Waals surface area contributed by atoms with Crippen LogP contribution in [0.2, 0.25) is 0 Å². The number of carbonyl (C=O) groups excluding carboxylic acids is 1. The number of hydrogen-bond acceptors (Lipinski definition) is 4. The number of carbonyl (C=O) groups is 1. The predicted octanol–water partition coefficient (Wildman–Crippen LogP) is 3.54. The Bertz CT molecular complexity index is 410. The Morgan fingerprint density at radius 2 is 2.16 bits per heavy atom. The summed E-state index contributed by atoms with van der Waals surface area (Å²) in [4.78, 5) is 15.6. The molecule has 0 N–H and O–H groups in total. The van der Waals surface area contributed by atoms with Crippen molar-refractivity contribution in [2.45, 2.75) is 45.6 Å². The van der Waals surface area contributed by atoms with Gasteiger partial charge in [-0.15, -0.1) is 11.3 Å². The van der Waals surface area contributed by atoms with Crippen molar-refractivity contribution in [3.63, 3.8) is 0 Å². The Balaban J connectivity index is 2.12. The van der Waals surface area contributed by atoms with Crippen LogP contribution in [-0.2, 0) is 9.53 Å². The van der Waals surface area contributed by atoms with Gasteiger partial charge in [-0.1, -0.05) is 6.42 Å². The molecular formula is C15H23NO2S. The fraction of sp³-hybridized carbons (Fsp3) is 0.667. The fourth-order valence-electron chi connectivity index (χ4n) is 2.72. The molecule has 2 rings (SSSR count). The molecule has 1 aromatic rings. The Labute approximate surface area is 119 Å². The molecule has 1 unspecified atom stereocenters. The zero-order chi connectivity index (χ0) is 13.7. The van der Waals surface area contributed by atoms with Gasteiger partial charge in [-0.3, -0.25) is 9.69 Å². The smallest absolute Gasteiger partial charge is 0.307 e. The Hall–Kier alpha value is -0.870. The molecule has 106 valence electrons. The minimum atomic E-state index is -0.0779. The van der Waals surface area contributed by atoms with Crippen LogP contribution in [0.25, 0.3) is 0 Å². The van der Waals surface area contributed by atoms with Crippen molar-refractivity contribution in [3.05, 3.63) is 21.9 Å². The molecule has 1 aliphatic rings. The molecule has 0 amide bonds. The van der Waals surface area contributed by atoms with Gasteiger partial charge in [-0.2, -0.15) is 0 Å². The number of piperidine rings is 1. The molecule has 0 saturated carbocycles. The van der Waals surface area contributed by atoms with Crippen LogP contribution in [0.3, 0.4) is 0 Å². The maximum atomic E-state index is 11.9. The predicted molar refractivity (Wildman–Crippen MR) is 78.5 cm³/mol. The maximum Gasteiger partial charge on any atom is 0.307 e. The largest absolute Gasteiger partial charge is 0.466 e. The normalized spacial score (nSPS) is 18.2. The Kier molecular flexibility index (Phi) is 5.40. The SMILES string of the molecule is CCOC(=O)CC(c1sccc1C)N1CCCCC1. The van der Waals surface area contributed by atoms with E-state index in [2.05, 4.69) is 23.3 Å². The Morgan fingerprint density at radius 1 is 1.42 bits per heavy atom. The van der Waals surface area contributed by atoms with E-state index >= 15 is 0 Å². The Morgan fingerprint density at radius 3 is 2.74 bits per heavy atom. The number of esters is 1. The van der Waals surface area contributed by atoms with Crippen LogP contribution in [0.5, 0.6) is 0 Å². The third kappa shape index (κ3) is 3.80. The molecule has 4 heteroatoms. The van der Waals surface area contributed by atoms with Crippen LogP contribution in [-0.4, -0.2) is 30.6 Å². The third-order valence-electron chi connectivity index (χ3n) is 3.70. The molecule has 0 bridgehead atoms. The zero-order valence-corrected chi connectivity index (χ0v) is 12.7. The number of thiophene rings is 1. The van der Waals surface area contributed by atoms with Gasteiger partial charge in [0.05, 0.1) is 19.1 Å². The second-order valence-corrected chi connectivity index (χ2v) is 6.04. The summed E-state index contributed by atoms with van der Waals surface area (Å²) in [5, 5.41) is 2.12. The summed E-state index contributed by atoms with van der Waals surface area (Å²) in [5.74, 6) is -0.0779. The number of ether oxygens (including phenoxy) is 1. The number of likely N-dealkylation sites (tertiary alicyclic amines) is 1. The number of rotatable bonds is 5. The van der Waals surface area contributed by atoms with Gasteiger partial charge in [-0.05, 0) is 56.8 Å². The molecule has 1 atom stereocenters. The van der Waals surface area contributed by atoms with Gasteiger partial charge in [0.25, 0.3) is 0 Å². The van der Waals surface area contributed by atoms with Gasteiger partial charge in [0.1, 0.15) is 0 Å². The quantitative estimate of drug-likeness (QED) is 0.773. The van der Waals surface area contributed by atoms with Crippen molar-refractivity contribution in [2.24, 2.45) is 0 Å². The first-order chi connectivity index (χ1) is 9.22. The molecule has 0 spiro atoms. The minimum Gasteiger partial charge on any atom is -0.466 e. The topological polar surface area (TPSA) is 29.5 Å². The molecule has 2 heterocycles. The van der Waals surface area contributed by atoms with E-state index in [1.807, 2.05) is 6.92 Å². The third-order valence-corrected chi connectivity index (χ3v) is 4.82. The lowest BCUT2D eigenvalue weighted by molar-refractivity contribution is -0.144. The molecule has 3 nitrogen and oxygen atoms in total. The van der Waals surface area contributed by atoms with Gasteiger partial charge in [-0.25, -0.2) is 0 Å². The van der Waals surface area contributed by atoms with E-state index in [4.69, 9.17) is 4.74 Å². The molecule has 0 aliphatic carbocycles. The summed E-state index contributed by atoms with van der Waals surface area (Å²) in [6, 6.07) is 2.35. The minimum absolute atomic E-state index is 0.0779. The van der Waals surface area contributed by atoms with Gasteiger partial charge in [0, 0.05) is 4.88 Å². The highest BCUT2D eigenvalue weighted by molar-refractivity contribution is 7.10. The molecule has 0 aromatic carbocycles. The van der Waals surface area contributed by atoms with Crippen molar-refractivity contribution in [3.8, 4) is 0 Å². The van der Waals surface area contributed by atoms with E-state index in [1.165, 1.54) is 29.7 Å². The van der Waals surface area contributed by atoms with Crippen molar-refractivity contribution in [1.82, 2.24) is 4.90 Å². The molecule has 1 aromatic heterocycles. The number of aryl methyl sites for hydroxylation is 1. The van der Waals surface area contributed by atoms with Crippen molar-refractivity contribution >= 4 is 17.3 Å². The fourth-order valence-corrected chi connectivity index (χ4v) is 3.78. The van der Waals surface area contributed by atoms with E-state index in [-0.39, 0.29) is 12.0 Å². The van der Waals surface area contributed by atoms with E-state index < -0.39 is 0 Å². The van der Waals surface area contributed by atoms with E-state index in [1.54, 1.807) is 11.3 Å². The molecular weight excluding hydrogens is 258 g/mol. The summed E-state index contributed by atoms with van der Waals surface area (Å²) < 4.78 is 5.14. The van der Waals surface area contributed by atoms with Crippen LogP contribution in [0, 0.1) is 6.92 Å². The first kappa shape index (κ1) is 14.5. The first-order valence-electron chi connectivity index (χ1n) is 7.16. The monoisotopic (exact) mass is 281 g/mol. The van der Waals surface area contributed by atoms with Gasteiger partial charge >= 0.3 is 5.97 Å². The molecule has 19 heavy (non-hydrogen) atoms. The second kappa shape index (κ2) is 7.06. The first-order valence-corrected chi connectivity index (χ1v) is 8.04. The highest BCUT2D eigenvalue weighted by Crippen LogP contribution is 2.33. The lowest BCUT2D eigenvalue weighted by Gasteiger charge is -2.34. The average Bonchev–Trinajstić information content (AvgIpc) is 2.83. The summed E-state index contributed by atoms with van der Waals surface area (Å²) in [7, 11) is 0. The lowest BCUT2D eigenvalue weighted by Crippen LogP contribution is -2.35. The maximum absolute atomic E-state index is 11.9. The van der Waals surface area contributed by atoms with Crippen LogP contribution < -0.4 is 0 Å². The van der Waals surface area contributed by atoms with Crippen molar-refractivity contribution < 1.29 is 9.53 Å². The second-order valence-electron chi connectivity index (χ2n) is 5.09. The van der Waals surface area contributed by atoms with Gasteiger partial charge in [0.2, 0.25) is 0 Å². The standard InChI is InChI=1S/C15H23NO2S/c1-3-18-14(17)11-13(15-12(2)7-10-19-15)16-8-5-4-6-9-16/h7,10,13H,3-6,8-9,11H2,1-2H3. The summed E-state index contributed by atoms with van der Waals surface area (Å²) in [6.45, 7) is 6.66. The van der Waals surface area contributed by atoms with E-state index in [9.17, 15) is 4.79 Å². The molecule has 1 aliphatic heterocycles. The molecule has 1 fully saturated rings. The summed E-state index contributed by atoms with van der Waals surface area (Å²) in [5.41, 5.74) is 1.30. The average molecular weight is 281 g/mol. The number of nitrogens with zero attached hydrogens (tertiary/aromatic N) is 1. The highest BCUT2D eigenvalue weighted by atomic mass is 32.1. The van der Waals surface area contributed by atoms with Gasteiger partial charge < -0.3 is 4.74 Å². The van der Waals surface area contributed by atoms with Gasteiger partial charge in [0.15, 0.2) is 0 Å². The molecule has 0 radical (unpaired) electrons. The molecule has 1 saturated heterocycles. The number of hydrogen-bond donors (Lipinski definition) is 0. The lowest BCUT2D eigenvalue weighted by atomic mass is 10.0. The summed E-state index contributed by atoms with van der Waals surface area (Å²) >= 11 is 1.76. The van der Waals surface area contributed by atoms with Crippen molar-refractivity contribution in [2.75, 3.05) is 19.7 Å². The van der Waals surface area contributed by atoms with Crippen LogP contribution in [0.15, 0.2) is 11.4 Å².